The molecule has 0 fully saturated rings. The molecule has 7 heteroatoms. The number of hydrogen-bond acceptors (Lipinski definition) is 7. The van der Waals surface area contributed by atoms with Crippen LogP contribution in [0.5, 0.6) is 0 Å². The lowest BCUT2D eigenvalue weighted by atomic mass is 10.1. The highest BCUT2D eigenvalue weighted by atomic mass is 32.1. The first kappa shape index (κ1) is 19.0. The Bertz CT molecular complexity index is 1140. The summed E-state index contributed by atoms with van der Waals surface area (Å²) in [7, 11) is 0. The van der Waals surface area contributed by atoms with Crippen molar-refractivity contribution < 1.29 is 9.53 Å². The molecule has 0 atom stereocenters. The average molecular weight is 404 g/mol. The Morgan fingerprint density at radius 2 is 1.79 bits per heavy atom. The zero-order valence-electron chi connectivity index (χ0n) is 16.2. The van der Waals surface area contributed by atoms with Gasteiger partial charge in [0.2, 0.25) is 0 Å². The van der Waals surface area contributed by atoms with E-state index in [9.17, 15) is 4.79 Å². The van der Waals surface area contributed by atoms with E-state index in [1.807, 2.05) is 31.2 Å². The number of carbonyl (C=O) groups is 1. The molecule has 3 heterocycles. The van der Waals surface area contributed by atoms with E-state index in [-0.39, 0.29) is 5.97 Å². The van der Waals surface area contributed by atoms with Gasteiger partial charge in [-0.3, -0.25) is 4.98 Å². The molecule has 0 saturated heterocycles. The Morgan fingerprint density at radius 3 is 2.52 bits per heavy atom. The molecule has 0 bridgehead atoms. The molecule has 29 heavy (non-hydrogen) atoms. The number of ether oxygens (including phenoxy) is 1. The molecular weight excluding hydrogens is 384 g/mol. The molecule has 0 aliphatic rings. The Balaban J connectivity index is 1.58. The molecule has 0 aliphatic heterocycles. The Kier molecular flexibility index (Phi) is 5.48. The van der Waals surface area contributed by atoms with Gasteiger partial charge in [-0.25, -0.2) is 14.8 Å². The van der Waals surface area contributed by atoms with Crippen LogP contribution >= 0.6 is 11.3 Å². The van der Waals surface area contributed by atoms with Crippen molar-refractivity contribution in [1.29, 1.82) is 0 Å². The van der Waals surface area contributed by atoms with Crippen LogP contribution in [0, 0.1) is 6.92 Å². The highest BCUT2D eigenvalue weighted by Crippen LogP contribution is 2.34. The van der Waals surface area contributed by atoms with Crippen molar-refractivity contribution in [1.82, 2.24) is 15.0 Å². The summed E-state index contributed by atoms with van der Waals surface area (Å²) in [5.74, 6) is 0.362. The lowest BCUT2D eigenvalue weighted by Gasteiger charge is -2.09. The van der Waals surface area contributed by atoms with Gasteiger partial charge in [0.05, 0.1) is 12.0 Å². The lowest BCUT2D eigenvalue weighted by Crippen LogP contribution is -2.03. The number of rotatable bonds is 6. The topological polar surface area (TPSA) is 77.0 Å². The third-order valence-corrected chi connectivity index (χ3v) is 5.74. The zero-order chi connectivity index (χ0) is 20.2. The number of aromatic nitrogens is 3. The second kappa shape index (κ2) is 8.36. The van der Waals surface area contributed by atoms with Crippen LogP contribution in [0.25, 0.3) is 10.2 Å². The van der Waals surface area contributed by atoms with E-state index in [2.05, 4.69) is 32.4 Å². The maximum Gasteiger partial charge on any atom is 0.348 e. The van der Waals surface area contributed by atoms with Gasteiger partial charge in [0.25, 0.3) is 0 Å². The number of fused-ring (bicyclic) bond motifs is 1. The Morgan fingerprint density at radius 1 is 1.07 bits per heavy atom. The van der Waals surface area contributed by atoms with E-state index in [1.54, 1.807) is 19.3 Å². The summed E-state index contributed by atoms with van der Waals surface area (Å²) in [6.07, 6.45) is 5.97. The summed E-state index contributed by atoms with van der Waals surface area (Å²) in [5, 5.41) is 4.21. The number of aryl methyl sites for hydroxylation is 1. The Labute approximate surface area is 172 Å². The van der Waals surface area contributed by atoms with Crippen LogP contribution in [0.2, 0.25) is 0 Å². The maximum absolute atomic E-state index is 12.2. The predicted molar refractivity (Wildman–Crippen MR) is 115 cm³/mol. The molecule has 0 unspecified atom stereocenters. The molecule has 0 amide bonds. The summed E-state index contributed by atoms with van der Waals surface area (Å²) in [5.41, 5.74) is 4.19. The van der Waals surface area contributed by atoms with Crippen molar-refractivity contribution >= 4 is 39.0 Å². The van der Waals surface area contributed by atoms with Gasteiger partial charge in [-0.05, 0) is 61.2 Å². The van der Waals surface area contributed by atoms with Gasteiger partial charge in [0.1, 0.15) is 21.9 Å². The Hall–Kier alpha value is -3.32. The van der Waals surface area contributed by atoms with Gasteiger partial charge in [-0.2, -0.15) is 0 Å². The maximum atomic E-state index is 12.2. The molecule has 146 valence electrons. The fraction of sp³-hybridized carbons (Fsp3) is 0.182. The van der Waals surface area contributed by atoms with E-state index in [4.69, 9.17) is 4.74 Å². The number of nitrogens with zero attached hydrogens (tertiary/aromatic N) is 3. The summed E-state index contributed by atoms with van der Waals surface area (Å²) >= 11 is 1.33. The minimum Gasteiger partial charge on any atom is -0.462 e. The van der Waals surface area contributed by atoms with Crippen molar-refractivity contribution in [2.45, 2.75) is 20.3 Å². The monoisotopic (exact) mass is 404 g/mol. The van der Waals surface area contributed by atoms with Crippen LogP contribution in [-0.2, 0) is 11.2 Å². The van der Waals surface area contributed by atoms with Crippen molar-refractivity contribution in [2.24, 2.45) is 0 Å². The first-order chi connectivity index (χ1) is 14.2. The van der Waals surface area contributed by atoms with Crippen molar-refractivity contribution in [3.05, 3.63) is 76.7 Å². The third kappa shape index (κ3) is 4.09. The first-order valence-electron chi connectivity index (χ1n) is 9.31. The van der Waals surface area contributed by atoms with E-state index in [1.165, 1.54) is 28.8 Å². The van der Waals surface area contributed by atoms with Crippen LogP contribution in [0.4, 0.5) is 11.5 Å². The molecule has 1 N–H and O–H groups in total. The molecule has 0 aliphatic carbocycles. The van der Waals surface area contributed by atoms with Crippen LogP contribution < -0.4 is 5.32 Å². The minimum atomic E-state index is -0.320. The second-order valence-corrected chi connectivity index (χ2v) is 7.53. The number of hydrogen-bond donors (Lipinski definition) is 1. The summed E-state index contributed by atoms with van der Waals surface area (Å²) < 4.78 is 5.16. The molecule has 6 nitrogen and oxygen atoms in total. The standard InChI is InChI=1S/C22H20N4O2S/c1-3-28-22(27)19-14(2)18-20(24-13-25-21(18)29-19)26-17-6-4-15(5-7-17)12-16-8-10-23-11-9-16/h4-11,13H,3,12H2,1-2H3,(H,24,25,26). The zero-order valence-corrected chi connectivity index (χ0v) is 17.0. The third-order valence-electron chi connectivity index (χ3n) is 4.56. The van der Waals surface area contributed by atoms with E-state index in [0.29, 0.717) is 17.3 Å². The van der Waals surface area contributed by atoms with Gasteiger partial charge in [0, 0.05) is 18.1 Å². The molecule has 0 spiro atoms. The molecule has 3 aromatic heterocycles. The van der Waals surface area contributed by atoms with Gasteiger partial charge in [-0.1, -0.05) is 12.1 Å². The smallest absolute Gasteiger partial charge is 0.348 e. The van der Waals surface area contributed by atoms with Gasteiger partial charge in [-0.15, -0.1) is 11.3 Å². The van der Waals surface area contributed by atoms with Gasteiger partial charge in [0.15, 0.2) is 0 Å². The lowest BCUT2D eigenvalue weighted by molar-refractivity contribution is 0.0531. The number of anilines is 2. The van der Waals surface area contributed by atoms with Crippen LogP contribution in [0.3, 0.4) is 0 Å². The fourth-order valence-electron chi connectivity index (χ4n) is 3.14. The van der Waals surface area contributed by atoms with Gasteiger partial charge >= 0.3 is 5.97 Å². The SMILES string of the molecule is CCOC(=O)c1sc2ncnc(Nc3ccc(Cc4ccncc4)cc3)c2c1C. The highest BCUT2D eigenvalue weighted by molar-refractivity contribution is 7.20. The number of pyridine rings is 1. The summed E-state index contributed by atoms with van der Waals surface area (Å²) in [4.78, 5) is 26.3. The second-order valence-electron chi connectivity index (χ2n) is 6.53. The number of esters is 1. The molecular formula is C22H20N4O2S. The summed E-state index contributed by atoms with van der Waals surface area (Å²) in [6.45, 7) is 4.04. The van der Waals surface area contributed by atoms with E-state index < -0.39 is 0 Å². The normalized spacial score (nSPS) is 10.8. The quantitative estimate of drug-likeness (QED) is 0.460. The molecule has 0 saturated carbocycles. The number of nitrogens with one attached hydrogen (secondary N) is 1. The van der Waals surface area contributed by atoms with Crippen molar-refractivity contribution in [2.75, 3.05) is 11.9 Å². The van der Waals surface area contributed by atoms with Crippen LogP contribution in [0.15, 0.2) is 55.1 Å². The van der Waals surface area contributed by atoms with Crippen LogP contribution in [-0.4, -0.2) is 27.5 Å². The molecule has 0 radical (unpaired) electrons. The average Bonchev–Trinajstić information content (AvgIpc) is 3.08. The largest absolute Gasteiger partial charge is 0.462 e. The summed E-state index contributed by atoms with van der Waals surface area (Å²) in [6, 6.07) is 12.3. The minimum absolute atomic E-state index is 0.320. The van der Waals surface area contributed by atoms with Crippen molar-refractivity contribution in [3.63, 3.8) is 0 Å². The number of benzene rings is 1. The highest BCUT2D eigenvalue weighted by Gasteiger charge is 2.20. The van der Waals surface area contributed by atoms with Crippen LogP contribution in [0.1, 0.15) is 33.3 Å². The molecule has 4 rings (SSSR count). The number of thiophene rings is 1. The first-order valence-corrected chi connectivity index (χ1v) is 10.1. The molecule has 4 aromatic rings. The van der Waals surface area contributed by atoms with Crippen molar-refractivity contribution in [3.8, 4) is 0 Å². The predicted octanol–water partition coefficient (Wildman–Crippen LogP) is 4.91. The fourth-order valence-corrected chi connectivity index (χ4v) is 4.18. The molecule has 1 aromatic carbocycles. The van der Waals surface area contributed by atoms with E-state index >= 15 is 0 Å². The number of carbonyl (C=O) groups excluding carboxylic acids is 1. The van der Waals surface area contributed by atoms with Gasteiger partial charge < -0.3 is 10.1 Å². The van der Waals surface area contributed by atoms with E-state index in [0.717, 1.165) is 27.9 Å².